The summed E-state index contributed by atoms with van der Waals surface area (Å²) >= 11 is 0. The highest BCUT2D eigenvalue weighted by Gasteiger charge is 2.51. The van der Waals surface area contributed by atoms with E-state index in [2.05, 4.69) is 19.2 Å². The number of fused-ring (bicyclic) bond motifs is 1. The van der Waals surface area contributed by atoms with E-state index in [-0.39, 0.29) is 30.5 Å². The van der Waals surface area contributed by atoms with E-state index in [0.29, 0.717) is 25.7 Å². The zero-order valence-electron chi connectivity index (χ0n) is 10.8. The Labute approximate surface area is 106 Å². The summed E-state index contributed by atoms with van der Waals surface area (Å²) in [4.78, 5) is 24.2. The molecule has 6 heteroatoms. The number of likely N-dealkylation sites (tertiary alicyclic amines) is 1. The molecule has 102 valence electrons. The average Bonchev–Trinajstić information content (AvgIpc) is 2.81. The highest BCUT2D eigenvalue weighted by molar-refractivity contribution is 5.76. The molecule has 0 radical (unpaired) electrons. The number of aliphatic carboxylic acids is 1. The number of carboxylic acids is 1. The molecule has 6 nitrogen and oxygen atoms in total. The van der Waals surface area contributed by atoms with E-state index in [4.69, 9.17) is 9.84 Å². The zero-order valence-corrected chi connectivity index (χ0v) is 10.8. The van der Waals surface area contributed by atoms with Gasteiger partial charge < -0.3 is 20.1 Å². The minimum absolute atomic E-state index is 0.0480. The smallest absolute Gasteiger partial charge is 0.317 e. The molecule has 2 aliphatic heterocycles. The molecular formula is C12H20N2O4. The summed E-state index contributed by atoms with van der Waals surface area (Å²) in [6, 6.07) is -0.0489. The van der Waals surface area contributed by atoms with E-state index < -0.39 is 5.97 Å². The van der Waals surface area contributed by atoms with Crippen molar-refractivity contribution in [3.05, 3.63) is 0 Å². The third-order valence-corrected chi connectivity index (χ3v) is 3.91. The molecule has 2 saturated heterocycles. The summed E-state index contributed by atoms with van der Waals surface area (Å²) in [5, 5.41) is 11.2. The highest BCUT2D eigenvalue weighted by Crippen LogP contribution is 2.42. The molecule has 2 heterocycles. The normalized spacial score (nSPS) is 29.1. The molecule has 0 saturated carbocycles. The van der Waals surface area contributed by atoms with Gasteiger partial charge in [0, 0.05) is 19.0 Å². The maximum atomic E-state index is 12.0. The molecule has 0 bridgehead atoms. The molecule has 2 rings (SSSR count). The lowest BCUT2D eigenvalue weighted by molar-refractivity contribution is -0.136. The number of ether oxygens (including phenoxy) is 1. The van der Waals surface area contributed by atoms with Crippen LogP contribution in [0.25, 0.3) is 0 Å². The lowest BCUT2D eigenvalue weighted by Crippen LogP contribution is -2.45. The fraction of sp³-hybridized carbons (Fsp3) is 0.833. The molecule has 18 heavy (non-hydrogen) atoms. The highest BCUT2D eigenvalue weighted by atomic mass is 16.5. The number of hydrogen-bond donors (Lipinski definition) is 2. The van der Waals surface area contributed by atoms with Gasteiger partial charge in [-0.25, -0.2) is 4.79 Å². The molecule has 2 N–H and O–H groups in total. The van der Waals surface area contributed by atoms with Gasteiger partial charge in [-0.15, -0.1) is 0 Å². The summed E-state index contributed by atoms with van der Waals surface area (Å²) in [5.41, 5.74) is 0.0608. The van der Waals surface area contributed by atoms with Crippen LogP contribution in [0.4, 0.5) is 4.79 Å². The number of nitrogens with one attached hydrogen (secondary N) is 1. The maximum absolute atomic E-state index is 12.0. The molecule has 0 aromatic carbocycles. The van der Waals surface area contributed by atoms with Crippen molar-refractivity contribution in [3.8, 4) is 0 Å². The standard InChI is InChI=1S/C12H20N2O4/c1-12(2)7-14(9-6-18-5-8(9)12)11(17)13-4-3-10(15)16/h8-9H,3-7H2,1-2H3,(H,13,17)(H,15,16)/t8-,9+/m0/s1. The summed E-state index contributed by atoms with van der Waals surface area (Å²) in [5.74, 6) is -0.526. The van der Waals surface area contributed by atoms with Gasteiger partial charge in [-0.3, -0.25) is 4.79 Å². The number of carboxylic acid groups (broad SMARTS) is 1. The topological polar surface area (TPSA) is 78.9 Å². The van der Waals surface area contributed by atoms with Gasteiger partial charge in [-0.1, -0.05) is 13.8 Å². The van der Waals surface area contributed by atoms with Crippen LogP contribution in [0.15, 0.2) is 0 Å². The molecule has 2 fully saturated rings. The first-order valence-electron chi connectivity index (χ1n) is 6.26. The van der Waals surface area contributed by atoms with Crippen LogP contribution in [0.3, 0.4) is 0 Å². The van der Waals surface area contributed by atoms with Crippen molar-refractivity contribution in [1.82, 2.24) is 10.2 Å². The zero-order chi connectivity index (χ0) is 13.3. The number of carbonyl (C=O) groups is 2. The third-order valence-electron chi connectivity index (χ3n) is 3.91. The quantitative estimate of drug-likeness (QED) is 0.772. The van der Waals surface area contributed by atoms with E-state index >= 15 is 0 Å². The Morgan fingerprint density at radius 3 is 2.83 bits per heavy atom. The molecule has 0 aliphatic carbocycles. The molecule has 2 amide bonds. The number of rotatable bonds is 3. The van der Waals surface area contributed by atoms with Crippen LogP contribution in [0.1, 0.15) is 20.3 Å². The van der Waals surface area contributed by atoms with Gasteiger partial charge in [0.15, 0.2) is 0 Å². The minimum atomic E-state index is -0.904. The second-order valence-corrected chi connectivity index (χ2v) is 5.70. The van der Waals surface area contributed by atoms with Gasteiger partial charge in [-0.05, 0) is 5.41 Å². The van der Waals surface area contributed by atoms with Crippen LogP contribution < -0.4 is 5.32 Å². The second-order valence-electron chi connectivity index (χ2n) is 5.70. The van der Waals surface area contributed by atoms with Gasteiger partial charge in [0.05, 0.1) is 25.7 Å². The first-order valence-corrected chi connectivity index (χ1v) is 6.26. The molecule has 2 aliphatic rings. The number of amides is 2. The van der Waals surface area contributed by atoms with Crippen molar-refractivity contribution in [2.75, 3.05) is 26.3 Å². The Bertz CT molecular complexity index is 356. The van der Waals surface area contributed by atoms with E-state index in [1.807, 2.05) is 0 Å². The van der Waals surface area contributed by atoms with Crippen molar-refractivity contribution in [3.63, 3.8) is 0 Å². The summed E-state index contributed by atoms with van der Waals surface area (Å²) in [7, 11) is 0. The van der Waals surface area contributed by atoms with E-state index in [0.717, 1.165) is 0 Å². The van der Waals surface area contributed by atoms with Crippen LogP contribution in [0, 0.1) is 11.3 Å². The van der Waals surface area contributed by atoms with Gasteiger partial charge in [0.25, 0.3) is 0 Å². The molecule has 0 aromatic rings. The van der Waals surface area contributed by atoms with Crippen molar-refractivity contribution in [2.24, 2.45) is 11.3 Å². The monoisotopic (exact) mass is 256 g/mol. The van der Waals surface area contributed by atoms with Crippen molar-refractivity contribution in [2.45, 2.75) is 26.3 Å². The predicted molar refractivity (Wildman–Crippen MR) is 64.2 cm³/mol. The van der Waals surface area contributed by atoms with E-state index in [1.165, 1.54) is 0 Å². The van der Waals surface area contributed by atoms with Crippen molar-refractivity contribution >= 4 is 12.0 Å². The van der Waals surface area contributed by atoms with Crippen LogP contribution >= 0.6 is 0 Å². The molecule has 0 aromatic heterocycles. The SMILES string of the molecule is CC1(C)CN(C(=O)NCCC(=O)O)[C@@H]2COC[C@@H]21. The lowest BCUT2D eigenvalue weighted by atomic mass is 9.80. The average molecular weight is 256 g/mol. The van der Waals surface area contributed by atoms with E-state index in [1.54, 1.807) is 4.90 Å². The first kappa shape index (κ1) is 13.1. The number of urea groups is 1. The third kappa shape index (κ3) is 2.43. The number of hydrogen-bond acceptors (Lipinski definition) is 3. The first-order chi connectivity index (χ1) is 8.42. The Hall–Kier alpha value is -1.30. The fourth-order valence-corrected chi connectivity index (χ4v) is 2.87. The Balaban J connectivity index is 1.93. The largest absolute Gasteiger partial charge is 0.481 e. The maximum Gasteiger partial charge on any atom is 0.317 e. The van der Waals surface area contributed by atoms with Crippen LogP contribution in [-0.4, -0.2) is 54.4 Å². The van der Waals surface area contributed by atoms with Crippen LogP contribution in [-0.2, 0) is 9.53 Å². The Morgan fingerprint density at radius 2 is 2.17 bits per heavy atom. The van der Waals surface area contributed by atoms with Gasteiger partial charge in [0.2, 0.25) is 0 Å². The lowest BCUT2D eigenvalue weighted by Gasteiger charge is -2.24. The fourth-order valence-electron chi connectivity index (χ4n) is 2.87. The molecule has 2 atom stereocenters. The molecule has 0 spiro atoms. The van der Waals surface area contributed by atoms with Crippen molar-refractivity contribution < 1.29 is 19.4 Å². The van der Waals surface area contributed by atoms with Gasteiger partial charge in [-0.2, -0.15) is 0 Å². The Morgan fingerprint density at radius 1 is 1.44 bits per heavy atom. The molecule has 0 unspecified atom stereocenters. The number of carbonyl (C=O) groups excluding carboxylic acids is 1. The second kappa shape index (κ2) is 4.76. The Kier molecular flexibility index (Phi) is 3.47. The van der Waals surface area contributed by atoms with Crippen molar-refractivity contribution in [1.29, 1.82) is 0 Å². The van der Waals surface area contributed by atoms with Crippen LogP contribution in [0.2, 0.25) is 0 Å². The van der Waals surface area contributed by atoms with Crippen LogP contribution in [0.5, 0.6) is 0 Å². The summed E-state index contributed by atoms with van der Waals surface area (Å²) in [6.07, 6.45) is -0.0480. The number of nitrogens with zero attached hydrogens (tertiary/aromatic N) is 1. The summed E-state index contributed by atoms with van der Waals surface area (Å²) < 4.78 is 5.45. The van der Waals surface area contributed by atoms with E-state index in [9.17, 15) is 9.59 Å². The van der Waals surface area contributed by atoms with Gasteiger partial charge >= 0.3 is 12.0 Å². The predicted octanol–water partition coefficient (Wildman–Crippen LogP) is 0.528. The van der Waals surface area contributed by atoms with Gasteiger partial charge in [0.1, 0.15) is 0 Å². The minimum Gasteiger partial charge on any atom is -0.481 e. The molecular weight excluding hydrogens is 236 g/mol. The summed E-state index contributed by atoms with van der Waals surface area (Å²) in [6.45, 7) is 6.44.